The molecular weight excluding hydrogens is 237 g/mol. The fourth-order valence-electron chi connectivity index (χ4n) is 1.44. The van der Waals surface area contributed by atoms with Gasteiger partial charge in [0.15, 0.2) is 0 Å². The van der Waals surface area contributed by atoms with E-state index in [0.717, 1.165) is 30.4 Å². The molecule has 102 valence electrons. The minimum Gasteiger partial charge on any atom is -0.287 e. The van der Waals surface area contributed by atoms with Gasteiger partial charge < -0.3 is 0 Å². The average Bonchev–Trinajstić information content (AvgIpc) is 2.33. The first kappa shape index (κ1) is 15.4. The Bertz CT molecular complexity index is 498. The van der Waals surface area contributed by atoms with E-state index < -0.39 is 0 Å². The third-order valence-electron chi connectivity index (χ3n) is 2.48. The number of halogens is 1. The maximum absolute atomic E-state index is 13.3. The molecular formula is C17H22FN. The van der Waals surface area contributed by atoms with Gasteiger partial charge in [0.2, 0.25) is 0 Å². The van der Waals surface area contributed by atoms with Crippen LogP contribution in [0.25, 0.3) is 0 Å². The van der Waals surface area contributed by atoms with Gasteiger partial charge >= 0.3 is 0 Å². The summed E-state index contributed by atoms with van der Waals surface area (Å²) in [6.07, 6.45) is 4.83. The molecule has 0 spiro atoms. The Hall–Kier alpha value is -1.62. The van der Waals surface area contributed by atoms with Crippen molar-refractivity contribution in [3.8, 4) is 11.8 Å². The smallest absolute Gasteiger partial charge is 0.123 e. The van der Waals surface area contributed by atoms with E-state index in [9.17, 15) is 4.39 Å². The van der Waals surface area contributed by atoms with Crippen LogP contribution in [-0.2, 0) is 0 Å². The number of benzene rings is 1. The molecule has 0 bridgehead atoms. The molecule has 0 radical (unpaired) electrons. The van der Waals surface area contributed by atoms with Crippen LogP contribution in [0.5, 0.6) is 0 Å². The van der Waals surface area contributed by atoms with E-state index in [-0.39, 0.29) is 11.4 Å². The Morgan fingerprint density at radius 1 is 1.32 bits per heavy atom. The monoisotopic (exact) mass is 259 g/mol. The molecule has 2 heteroatoms. The van der Waals surface area contributed by atoms with Crippen LogP contribution in [0.3, 0.4) is 0 Å². The first-order valence-electron chi connectivity index (χ1n) is 6.76. The summed E-state index contributed by atoms with van der Waals surface area (Å²) in [5, 5.41) is 0. The van der Waals surface area contributed by atoms with Gasteiger partial charge in [-0.2, -0.15) is 0 Å². The summed E-state index contributed by atoms with van der Waals surface area (Å²) in [5.74, 6) is 5.97. The zero-order chi connectivity index (χ0) is 14.3. The fourth-order valence-corrected chi connectivity index (χ4v) is 1.44. The number of hydrogen-bond acceptors (Lipinski definition) is 1. The average molecular weight is 259 g/mol. The quantitative estimate of drug-likeness (QED) is 0.428. The molecule has 0 aliphatic rings. The van der Waals surface area contributed by atoms with Gasteiger partial charge in [0, 0.05) is 23.8 Å². The van der Waals surface area contributed by atoms with Crippen LogP contribution in [0.1, 0.15) is 58.1 Å². The maximum Gasteiger partial charge on any atom is 0.123 e. The molecule has 1 nitrogen and oxygen atoms in total. The van der Waals surface area contributed by atoms with E-state index >= 15 is 0 Å². The molecule has 0 fully saturated rings. The van der Waals surface area contributed by atoms with Gasteiger partial charge in [0.1, 0.15) is 5.82 Å². The maximum atomic E-state index is 13.3. The number of nitrogens with zero attached hydrogens (tertiary/aromatic N) is 1. The van der Waals surface area contributed by atoms with Crippen LogP contribution < -0.4 is 0 Å². The van der Waals surface area contributed by atoms with Gasteiger partial charge in [-0.25, -0.2) is 4.39 Å². The second-order valence-corrected chi connectivity index (χ2v) is 5.57. The number of rotatable bonds is 3. The van der Waals surface area contributed by atoms with Crippen molar-refractivity contribution < 1.29 is 4.39 Å². The van der Waals surface area contributed by atoms with Crippen LogP contribution in [0.15, 0.2) is 23.2 Å². The summed E-state index contributed by atoms with van der Waals surface area (Å²) in [6.45, 7) is 8.17. The number of aliphatic imine (C=N–C) groups is 1. The van der Waals surface area contributed by atoms with Gasteiger partial charge in [0.25, 0.3) is 0 Å². The third kappa shape index (κ3) is 6.20. The molecule has 0 amide bonds. The zero-order valence-corrected chi connectivity index (χ0v) is 12.3. The lowest BCUT2D eigenvalue weighted by molar-refractivity contribution is 0.586. The summed E-state index contributed by atoms with van der Waals surface area (Å²) >= 11 is 0. The van der Waals surface area contributed by atoms with Gasteiger partial charge in [-0.05, 0) is 45.4 Å². The van der Waals surface area contributed by atoms with Crippen molar-refractivity contribution >= 4 is 6.21 Å². The number of unbranched alkanes of at least 4 members (excludes halogenated alkanes) is 2. The predicted molar refractivity (Wildman–Crippen MR) is 80.2 cm³/mol. The van der Waals surface area contributed by atoms with Crippen LogP contribution >= 0.6 is 0 Å². The van der Waals surface area contributed by atoms with Crippen molar-refractivity contribution in [2.75, 3.05) is 0 Å². The van der Waals surface area contributed by atoms with Crippen LogP contribution in [0.4, 0.5) is 4.39 Å². The molecule has 0 aliphatic heterocycles. The highest BCUT2D eigenvalue weighted by atomic mass is 19.1. The third-order valence-corrected chi connectivity index (χ3v) is 2.48. The van der Waals surface area contributed by atoms with Crippen molar-refractivity contribution in [3.63, 3.8) is 0 Å². The van der Waals surface area contributed by atoms with Gasteiger partial charge in [-0.1, -0.05) is 25.2 Å². The molecule has 0 aromatic heterocycles. The summed E-state index contributed by atoms with van der Waals surface area (Å²) in [5.41, 5.74) is 1.42. The van der Waals surface area contributed by atoms with Crippen molar-refractivity contribution in [2.24, 2.45) is 4.99 Å². The Balaban J connectivity index is 2.97. The fraction of sp³-hybridized carbons (Fsp3) is 0.471. The van der Waals surface area contributed by atoms with Crippen molar-refractivity contribution in [2.45, 2.75) is 52.5 Å². The summed E-state index contributed by atoms with van der Waals surface area (Å²) in [4.78, 5) is 4.41. The standard InChI is InChI=1S/C17H22FN/c1-5-6-7-8-9-14-10-11-16(18)12-15(14)13-19-17(2,3)4/h10-13H,5-7H2,1-4H3. The van der Waals surface area contributed by atoms with Crippen LogP contribution in [0.2, 0.25) is 0 Å². The summed E-state index contributed by atoms with van der Waals surface area (Å²) in [6, 6.07) is 4.65. The molecule has 1 aromatic rings. The molecule has 0 unspecified atom stereocenters. The number of hydrogen-bond donors (Lipinski definition) is 0. The van der Waals surface area contributed by atoms with Crippen molar-refractivity contribution in [1.29, 1.82) is 0 Å². The predicted octanol–water partition coefficient (Wildman–Crippen LogP) is 4.58. The van der Waals surface area contributed by atoms with E-state index in [1.54, 1.807) is 12.3 Å². The Labute approximate surface area is 116 Å². The molecule has 1 rings (SSSR count). The first-order valence-corrected chi connectivity index (χ1v) is 6.76. The molecule has 0 heterocycles. The second kappa shape index (κ2) is 7.09. The summed E-state index contributed by atoms with van der Waals surface area (Å²) in [7, 11) is 0. The minimum absolute atomic E-state index is 0.167. The van der Waals surface area contributed by atoms with Gasteiger partial charge in [-0.3, -0.25) is 4.99 Å². The lowest BCUT2D eigenvalue weighted by Crippen LogP contribution is -2.10. The van der Waals surface area contributed by atoms with E-state index in [4.69, 9.17) is 0 Å². The lowest BCUT2D eigenvalue weighted by Gasteiger charge is -2.11. The van der Waals surface area contributed by atoms with Crippen LogP contribution in [-0.4, -0.2) is 11.8 Å². The SMILES string of the molecule is CCCCC#Cc1ccc(F)cc1C=NC(C)(C)C. The zero-order valence-electron chi connectivity index (χ0n) is 12.3. The molecule has 0 saturated carbocycles. The largest absolute Gasteiger partial charge is 0.287 e. The normalized spacial score (nSPS) is 11.4. The Morgan fingerprint density at radius 2 is 2.05 bits per heavy atom. The van der Waals surface area contributed by atoms with Crippen molar-refractivity contribution in [1.82, 2.24) is 0 Å². The van der Waals surface area contributed by atoms with Crippen LogP contribution in [0, 0.1) is 17.7 Å². The first-order chi connectivity index (χ1) is 8.92. The molecule has 0 N–H and O–H groups in total. The van der Waals surface area contributed by atoms with E-state index in [0.29, 0.717) is 0 Å². The van der Waals surface area contributed by atoms with E-state index in [1.165, 1.54) is 12.1 Å². The second-order valence-electron chi connectivity index (χ2n) is 5.57. The molecule has 19 heavy (non-hydrogen) atoms. The van der Waals surface area contributed by atoms with E-state index in [2.05, 4.69) is 23.8 Å². The molecule has 1 aromatic carbocycles. The Kier molecular flexibility index (Phi) is 5.76. The molecule has 0 atom stereocenters. The topological polar surface area (TPSA) is 12.4 Å². The highest BCUT2D eigenvalue weighted by Gasteiger charge is 2.06. The van der Waals surface area contributed by atoms with E-state index in [1.807, 2.05) is 20.8 Å². The highest BCUT2D eigenvalue weighted by Crippen LogP contribution is 2.11. The lowest BCUT2D eigenvalue weighted by atomic mass is 10.1. The van der Waals surface area contributed by atoms with Crippen molar-refractivity contribution in [3.05, 3.63) is 35.1 Å². The summed E-state index contributed by atoms with van der Waals surface area (Å²) < 4.78 is 13.3. The molecule has 0 aliphatic carbocycles. The molecule has 0 saturated heterocycles. The minimum atomic E-state index is -0.255. The van der Waals surface area contributed by atoms with Gasteiger partial charge in [0.05, 0.1) is 5.54 Å². The highest BCUT2D eigenvalue weighted by molar-refractivity contribution is 5.83. The van der Waals surface area contributed by atoms with Gasteiger partial charge in [-0.15, -0.1) is 0 Å². The Morgan fingerprint density at radius 3 is 2.68 bits per heavy atom.